The first-order chi connectivity index (χ1) is 4.34. The molecule has 0 unspecified atom stereocenters. The van der Waals surface area contributed by atoms with Crippen LogP contribution < -0.4 is 0 Å². The zero-order valence-electron chi connectivity index (χ0n) is 5.67. The summed E-state index contributed by atoms with van der Waals surface area (Å²) in [5.74, 6) is -0.154. The van der Waals surface area contributed by atoms with Gasteiger partial charge in [-0.3, -0.25) is 0 Å². The molecule has 0 fully saturated rings. The molecule has 0 aromatic rings. The third-order valence-electron chi connectivity index (χ3n) is 1.25. The van der Waals surface area contributed by atoms with Crippen molar-refractivity contribution in [2.24, 2.45) is 5.92 Å². The molecule has 1 heteroatoms. The molecule has 0 saturated carbocycles. The minimum Gasteiger partial charge on any atom is -0.198 e. The summed E-state index contributed by atoms with van der Waals surface area (Å²) in [6.07, 6.45) is 5.45. The molecule has 0 aromatic carbocycles. The van der Waals surface area contributed by atoms with Gasteiger partial charge in [0.2, 0.25) is 0 Å². The SMILES string of the molecule is [2H][C@H]1CCC=C[C@@H]1C#N. The van der Waals surface area contributed by atoms with Crippen molar-refractivity contribution in [1.82, 2.24) is 0 Å². The van der Waals surface area contributed by atoms with Crippen LogP contribution in [-0.2, 0) is 0 Å². The molecular formula is C7H9N. The lowest BCUT2D eigenvalue weighted by molar-refractivity contribution is 0.640. The van der Waals surface area contributed by atoms with Gasteiger partial charge in [0.15, 0.2) is 0 Å². The van der Waals surface area contributed by atoms with Gasteiger partial charge in [-0.1, -0.05) is 12.2 Å². The van der Waals surface area contributed by atoms with Crippen LogP contribution >= 0.6 is 0 Å². The lowest BCUT2D eigenvalue weighted by atomic mass is 9.98. The van der Waals surface area contributed by atoms with Gasteiger partial charge in [0.1, 0.15) is 0 Å². The van der Waals surface area contributed by atoms with E-state index in [4.69, 9.17) is 6.63 Å². The monoisotopic (exact) mass is 108 g/mol. The van der Waals surface area contributed by atoms with Crippen molar-refractivity contribution >= 4 is 0 Å². The van der Waals surface area contributed by atoms with Crippen molar-refractivity contribution in [1.29, 1.82) is 5.26 Å². The molecule has 0 N–H and O–H groups in total. The normalized spacial score (nSPS) is 38.1. The van der Waals surface area contributed by atoms with Crippen LogP contribution in [0.25, 0.3) is 0 Å². The predicted molar refractivity (Wildman–Crippen MR) is 32.1 cm³/mol. The van der Waals surface area contributed by atoms with E-state index < -0.39 is 0 Å². The fourth-order valence-corrected chi connectivity index (χ4v) is 0.789. The van der Waals surface area contributed by atoms with Gasteiger partial charge in [-0.15, -0.1) is 0 Å². The second kappa shape index (κ2) is 2.52. The van der Waals surface area contributed by atoms with E-state index in [-0.39, 0.29) is 12.3 Å². The summed E-state index contributed by atoms with van der Waals surface area (Å²) < 4.78 is 7.36. The van der Waals surface area contributed by atoms with Gasteiger partial charge in [-0.2, -0.15) is 5.26 Å². The number of hydrogen-bond donors (Lipinski definition) is 0. The quantitative estimate of drug-likeness (QED) is 0.434. The summed E-state index contributed by atoms with van der Waals surface area (Å²) in [6.45, 7) is 0. The van der Waals surface area contributed by atoms with E-state index in [9.17, 15) is 0 Å². The molecule has 1 aliphatic rings. The maximum Gasteiger partial charge on any atom is 0.0697 e. The van der Waals surface area contributed by atoms with Crippen LogP contribution in [0, 0.1) is 17.2 Å². The van der Waals surface area contributed by atoms with Gasteiger partial charge in [0, 0.05) is 1.37 Å². The average molecular weight is 108 g/mol. The zero-order chi connectivity index (χ0) is 6.69. The van der Waals surface area contributed by atoms with Crippen LogP contribution in [0.3, 0.4) is 0 Å². The molecule has 0 heterocycles. The first-order valence-corrected chi connectivity index (χ1v) is 2.83. The first-order valence-electron chi connectivity index (χ1n) is 3.41. The standard InChI is InChI=1S/C7H9N/c8-6-7-4-2-1-3-5-7/h2,4,7H,1,3,5H2/t7-/m0/s1/i5D/t5-,7-. The Morgan fingerprint density at radius 3 is 3.25 bits per heavy atom. The highest BCUT2D eigenvalue weighted by Gasteiger charge is 2.04. The average Bonchev–Trinajstić information content (AvgIpc) is 1.89. The fraction of sp³-hybridized carbons (Fsp3) is 0.571. The van der Waals surface area contributed by atoms with Crippen LogP contribution in [0.5, 0.6) is 0 Å². The highest BCUT2D eigenvalue weighted by molar-refractivity contribution is 5.02. The van der Waals surface area contributed by atoms with Crippen molar-refractivity contribution < 1.29 is 1.37 Å². The zero-order valence-corrected chi connectivity index (χ0v) is 4.67. The summed E-state index contributed by atoms with van der Waals surface area (Å²) in [5.41, 5.74) is 0. The smallest absolute Gasteiger partial charge is 0.0697 e. The maximum atomic E-state index is 8.44. The van der Waals surface area contributed by atoms with Crippen molar-refractivity contribution in [3.05, 3.63) is 12.2 Å². The Balaban J connectivity index is 2.59. The van der Waals surface area contributed by atoms with Gasteiger partial charge >= 0.3 is 0 Å². The van der Waals surface area contributed by atoms with Gasteiger partial charge in [-0.05, 0) is 19.2 Å². The minimum absolute atomic E-state index is 0.154. The summed E-state index contributed by atoms with van der Waals surface area (Å²) in [7, 11) is 0. The molecular weight excluding hydrogens is 98.1 g/mol. The number of nitrogens with zero attached hydrogens (tertiary/aromatic N) is 1. The fourth-order valence-electron chi connectivity index (χ4n) is 0.789. The Bertz CT molecular complexity index is 157. The van der Waals surface area contributed by atoms with E-state index >= 15 is 0 Å². The molecule has 0 amide bonds. The molecule has 0 radical (unpaired) electrons. The van der Waals surface area contributed by atoms with E-state index in [2.05, 4.69) is 6.07 Å². The van der Waals surface area contributed by atoms with Gasteiger partial charge in [-0.25, -0.2) is 0 Å². The molecule has 1 aliphatic carbocycles. The van der Waals surface area contributed by atoms with Crippen molar-refractivity contribution in [2.45, 2.75) is 19.2 Å². The van der Waals surface area contributed by atoms with E-state index in [1.807, 2.05) is 12.2 Å². The molecule has 2 atom stereocenters. The minimum atomic E-state index is -0.181. The van der Waals surface area contributed by atoms with E-state index in [0.29, 0.717) is 0 Å². The van der Waals surface area contributed by atoms with Crippen molar-refractivity contribution in [3.8, 4) is 6.07 Å². The van der Waals surface area contributed by atoms with E-state index in [1.165, 1.54) is 0 Å². The Kier molecular flexibility index (Phi) is 1.30. The second-order valence-electron chi connectivity index (χ2n) is 1.90. The van der Waals surface area contributed by atoms with Gasteiger partial charge in [0.05, 0.1) is 12.0 Å². The number of hydrogen-bond acceptors (Lipinski definition) is 1. The van der Waals surface area contributed by atoms with Gasteiger partial charge < -0.3 is 0 Å². The molecule has 42 valence electrons. The lowest BCUT2D eigenvalue weighted by Crippen LogP contribution is -1.95. The highest BCUT2D eigenvalue weighted by atomic mass is 14.3. The molecule has 1 rings (SSSR count). The third kappa shape index (κ3) is 1.10. The molecule has 0 aromatic heterocycles. The van der Waals surface area contributed by atoms with Crippen molar-refractivity contribution in [3.63, 3.8) is 0 Å². The molecule has 0 saturated heterocycles. The Labute approximate surface area is 51.0 Å². The first kappa shape index (κ1) is 4.14. The Morgan fingerprint density at radius 1 is 1.88 bits per heavy atom. The van der Waals surface area contributed by atoms with Crippen LogP contribution in [0.2, 0.25) is 0 Å². The molecule has 1 nitrogen and oxygen atoms in total. The van der Waals surface area contributed by atoms with Crippen LogP contribution in [-0.4, -0.2) is 0 Å². The molecule has 0 bridgehead atoms. The largest absolute Gasteiger partial charge is 0.198 e. The summed E-state index contributed by atoms with van der Waals surface area (Å²) in [5, 5.41) is 8.44. The molecule has 0 spiro atoms. The second-order valence-corrected chi connectivity index (χ2v) is 1.90. The van der Waals surface area contributed by atoms with Crippen LogP contribution in [0.4, 0.5) is 0 Å². The third-order valence-corrected chi connectivity index (χ3v) is 1.25. The number of nitriles is 1. The lowest BCUT2D eigenvalue weighted by Gasteiger charge is -2.05. The van der Waals surface area contributed by atoms with Crippen LogP contribution in [0.1, 0.15) is 20.6 Å². The van der Waals surface area contributed by atoms with Crippen molar-refractivity contribution in [2.75, 3.05) is 0 Å². The van der Waals surface area contributed by atoms with E-state index in [1.54, 1.807) is 0 Å². The number of allylic oxidation sites excluding steroid dienone is 2. The summed E-state index contributed by atoms with van der Waals surface area (Å²) in [4.78, 5) is 0. The Morgan fingerprint density at radius 2 is 2.75 bits per heavy atom. The Hall–Kier alpha value is -0.770. The van der Waals surface area contributed by atoms with E-state index in [0.717, 1.165) is 12.8 Å². The topological polar surface area (TPSA) is 23.8 Å². The highest BCUT2D eigenvalue weighted by Crippen LogP contribution is 2.14. The summed E-state index contributed by atoms with van der Waals surface area (Å²) in [6, 6.07) is 2.08. The number of rotatable bonds is 0. The van der Waals surface area contributed by atoms with Crippen LogP contribution in [0.15, 0.2) is 12.2 Å². The molecule has 8 heavy (non-hydrogen) atoms. The predicted octanol–water partition coefficient (Wildman–Crippen LogP) is 1.87. The van der Waals surface area contributed by atoms with Gasteiger partial charge in [0.25, 0.3) is 0 Å². The molecule has 0 aliphatic heterocycles. The summed E-state index contributed by atoms with van der Waals surface area (Å²) >= 11 is 0. The maximum absolute atomic E-state index is 8.44.